The van der Waals surface area contributed by atoms with Gasteiger partial charge in [0.25, 0.3) is 0 Å². The van der Waals surface area contributed by atoms with Crippen LogP contribution < -0.4 is 11.5 Å². The second-order valence-electron chi connectivity index (χ2n) is 7.83. The first kappa shape index (κ1) is 25.1. The Labute approximate surface area is 196 Å². The molecule has 2 atom stereocenters. The SMILES string of the molecule is CC(C)(O/N=C(\C(=O)C[C@@H]1C(=O)N(S(=O)(=O)O)[C@@H]1Cn1cc(N)cn1)c1csc(N)n1)C(=O)O. The van der Waals surface area contributed by atoms with Crippen LogP contribution in [0.4, 0.5) is 10.8 Å². The Morgan fingerprint density at radius 2 is 2.03 bits per heavy atom. The van der Waals surface area contributed by atoms with Crippen LogP contribution in [0, 0.1) is 5.92 Å². The molecule has 0 bridgehead atoms. The van der Waals surface area contributed by atoms with Crippen molar-refractivity contribution in [3.05, 3.63) is 23.5 Å². The van der Waals surface area contributed by atoms with Crippen molar-refractivity contribution in [2.24, 2.45) is 11.1 Å². The van der Waals surface area contributed by atoms with Crippen LogP contribution in [-0.2, 0) is 36.1 Å². The first-order valence-electron chi connectivity index (χ1n) is 9.53. The highest BCUT2D eigenvalue weighted by atomic mass is 32.2. The minimum atomic E-state index is -4.90. The van der Waals surface area contributed by atoms with Crippen molar-refractivity contribution < 1.29 is 37.3 Å². The first-order valence-corrected chi connectivity index (χ1v) is 11.8. The molecule has 1 aliphatic rings. The Hall–Kier alpha value is -3.57. The van der Waals surface area contributed by atoms with E-state index in [1.165, 1.54) is 36.3 Å². The molecule has 3 rings (SSSR count). The summed E-state index contributed by atoms with van der Waals surface area (Å²) < 4.78 is 34.4. The molecule has 17 heteroatoms. The van der Waals surface area contributed by atoms with Crippen LogP contribution in [0.15, 0.2) is 22.9 Å². The van der Waals surface area contributed by atoms with Crippen molar-refractivity contribution in [3.63, 3.8) is 0 Å². The molecular weight excluding hydrogens is 494 g/mol. The van der Waals surface area contributed by atoms with Crippen LogP contribution in [0.5, 0.6) is 0 Å². The number of aromatic nitrogens is 3. The lowest BCUT2D eigenvalue weighted by molar-refractivity contribution is -0.161. The van der Waals surface area contributed by atoms with Crippen LogP contribution >= 0.6 is 11.3 Å². The summed E-state index contributed by atoms with van der Waals surface area (Å²) in [6.07, 6.45) is 2.15. The number of thiazole rings is 1. The summed E-state index contributed by atoms with van der Waals surface area (Å²) in [7, 11) is -4.90. The van der Waals surface area contributed by atoms with Crippen molar-refractivity contribution in [1.29, 1.82) is 0 Å². The number of amides is 1. The van der Waals surface area contributed by atoms with E-state index >= 15 is 0 Å². The predicted octanol–water partition coefficient (Wildman–Crippen LogP) is -0.623. The lowest BCUT2D eigenvalue weighted by Gasteiger charge is -2.43. The number of nitrogens with zero attached hydrogens (tertiary/aromatic N) is 5. The average Bonchev–Trinajstić information content (AvgIpc) is 3.32. The van der Waals surface area contributed by atoms with Crippen molar-refractivity contribution in [1.82, 2.24) is 19.1 Å². The molecule has 34 heavy (non-hydrogen) atoms. The van der Waals surface area contributed by atoms with Gasteiger partial charge in [0.15, 0.2) is 16.6 Å². The van der Waals surface area contributed by atoms with Crippen LogP contribution in [0.3, 0.4) is 0 Å². The Morgan fingerprint density at radius 1 is 1.35 bits per heavy atom. The molecule has 1 aliphatic heterocycles. The topological polar surface area (TPSA) is 233 Å². The highest BCUT2D eigenvalue weighted by molar-refractivity contribution is 7.84. The van der Waals surface area contributed by atoms with Gasteiger partial charge in [-0.15, -0.1) is 11.3 Å². The molecule has 1 amide bonds. The Morgan fingerprint density at radius 3 is 2.53 bits per heavy atom. The maximum atomic E-state index is 13.1. The van der Waals surface area contributed by atoms with Gasteiger partial charge in [-0.2, -0.15) is 13.5 Å². The number of nitrogen functional groups attached to an aromatic ring is 2. The third kappa shape index (κ3) is 5.15. The van der Waals surface area contributed by atoms with Crippen LogP contribution in [0.25, 0.3) is 0 Å². The second kappa shape index (κ2) is 8.99. The van der Waals surface area contributed by atoms with Gasteiger partial charge in [-0.05, 0) is 13.8 Å². The number of carboxylic acids is 1. The Bertz CT molecular complexity index is 1270. The summed E-state index contributed by atoms with van der Waals surface area (Å²) >= 11 is 0.988. The number of nitrogens with two attached hydrogens (primary N) is 2. The van der Waals surface area contributed by atoms with Crippen LogP contribution in [0.1, 0.15) is 26.0 Å². The van der Waals surface area contributed by atoms with E-state index in [2.05, 4.69) is 15.2 Å². The van der Waals surface area contributed by atoms with E-state index in [9.17, 15) is 32.5 Å². The highest BCUT2D eigenvalue weighted by Gasteiger charge is 2.54. The number of Topliss-reactive ketones (excluding diaryl/α,β-unsaturated/α-hetero) is 1. The molecule has 2 aromatic rings. The molecule has 0 radical (unpaired) electrons. The maximum Gasteiger partial charge on any atom is 0.362 e. The van der Waals surface area contributed by atoms with Crippen LogP contribution in [0.2, 0.25) is 0 Å². The predicted molar refractivity (Wildman–Crippen MR) is 118 cm³/mol. The molecule has 3 heterocycles. The third-order valence-electron chi connectivity index (χ3n) is 4.89. The monoisotopic (exact) mass is 515 g/mol. The molecule has 0 unspecified atom stereocenters. The molecule has 184 valence electrons. The van der Waals surface area contributed by atoms with Gasteiger partial charge >= 0.3 is 16.3 Å². The molecular formula is C17H21N7O8S2. The van der Waals surface area contributed by atoms with E-state index in [4.69, 9.17) is 16.3 Å². The van der Waals surface area contributed by atoms with Gasteiger partial charge in [0, 0.05) is 18.0 Å². The summed E-state index contributed by atoms with van der Waals surface area (Å²) in [5, 5.41) is 18.3. The van der Waals surface area contributed by atoms with Gasteiger partial charge < -0.3 is 21.4 Å². The number of carboxylic acid groups (broad SMARTS) is 1. The molecule has 6 N–H and O–H groups in total. The average molecular weight is 516 g/mol. The lowest BCUT2D eigenvalue weighted by atomic mass is 9.84. The number of carbonyl (C=O) groups excluding carboxylic acids is 2. The summed E-state index contributed by atoms with van der Waals surface area (Å²) in [5.74, 6) is -4.32. The van der Waals surface area contributed by atoms with Crippen molar-refractivity contribution in [2.75, 3.05) is 11.5 Å². The van der Waals surface area contributed by atoms with E-state index in [1.54, 1.807) is 0 Å². The third-order valence-corrected chi connectivity index (χ3v) is 6.51. The Balaban J connectivity index is 1.89. The van der Waals surface area contributed by atoms with Gasteiger partial charge in [-0.1, -0.05) is 5.16 Å². The van der Waals surface area contributed by atoms with Crippen molar-refractivity contribution in [2.45, 2.75) is 38.5 Å². The summed E-state index contributed by atoms with van der Waals surface area (Å²) in [6.45, 7) is 2.24. The molecule has 15 nitrogen and oxygen atoms in total. The summed E-state index contributed by atoms with van der Waals surface area (Å²) in [4.78, 5) is 45.9. The maximum absolute atomic E-state index is 13.1. The molecule has 2 aromatic heterocycles. The summed E-state index contributed by atoms with van der Waals surface area (Å²) in [6, 6.07) is -1.15. The molecule has 1 saturated heterocycles. The Kier molecular flexibility index (Phi) is 6.63. The normalized spacial score (nSPS) is 19.1. The smallest absolute Gasteiger partial charge is 0.362 e. The van der Waals surface area contributed by atoms with E-state index in [0.29, 0.717) is 0 Å². The minimum Gasteiger partial charge on any atom is -0.478 e. The zero-order chi connectivity index (χ0) is 25.4. The standard InChI is InChI=1S/C17H21N7O8S2/c1-17(2,15(27)28)32-22-13(10-7-33-16(19)21-10)12(25)3-9-11(6-23-5-8(18)4-20-23)24(14(9)26)34(29,30)31/h4-5,7,9,11H,3,6,18H2,1-2H3,(H2,19,21)(H,27,28)(H,29,30,31)/b22-13-/t9-,11+/m0/s1. The number of anilines is 2. The fourth-order valence-electron chi connectivity index (χ4n) is 3.09. The van der Waals surface area contributed by atoms with E-state index in [1.807, 2.05) is 0 Å². The van der Waals surface area contributed by atoms with Crippen LogP contribution in [-0.4, -0.2) is 72.2 Å². The molecule has 0 aliphatic carbocycles. The van der Waals surface area contributed by atoms with Gasteiger partial charge in [0.2, 0.25) is 11.5 Å². The van der Waals surface area contributed by atoms with Gasteiger partial charge in [0.1, 0.15) is 5.69 Å². The number of hydrogen-bond acceptors (Lipinski definition) is 12. The van der Waals surface area contributed by atoms with E-state index in [-0.39, 0.29) is 27.4 Å². The number of oxime groups is 1. The number of aliphatic carboxylic acids is 1. The molecule has 0 aromatic carbocycles. The second-order valence-corrected chi connectivity index (χ2v) is 10.0. The number of rotatable bonds is 10. The largest absolute Gasteiger partial charge is 0.478 e. The highest BCUT2D eigenvalue weighted by Crippen LogP contribution is 2.34. The molecule has 0 spiro atoms. The van der Waals surface area contributed by atoms with Gasteiger partial charge in [-0.3, -0.25) is 18.8 Å². The zero-order valence-electron chi connectivity index (χ0n) is 17.9. The number of hydrogen-bond donors (Lipinski definition) is 4. The van der Waals surface area contributed by atoms with E-state index < -0.39 is 57.7 Å². The molecule has 0 saturated carbocycles. The quantitative estimate of drug-likeness (QED) is 0.134. The van der Waals surface area contributed by atoms with Gasteiger partial charge in [0.05, 0.1) is 30.4 Å². The molecule has 1 fully saturated rings. The fraction of sp³-hybridized carbons (Fsp3) is 0.412. The number of carbonyl (C=O) groups is 3. The van der Waals surface area contributed by atoms with Crippen molar-refractivity contribution >= 4 is 55.8 Å². The number of β-lactam (4-membered cyclic amide) rings is 1. The van der Waals surface area contributed by atoms with Gasteiger partial charge in [-0.25, -0.2) is 14.1 Å². The minimum absolute atomic E-state index is 0.0107. The lowest BCUT2D eigenvalue weighted by Crippen LogP contribution is -2.64. The number of ketones is 1. The zero-order valence-corrected chi connectivity index (χ0v) is 19.5. The van der Waals surface area contributed by atoms with E-state index in [0.717, 1.165) is 11.3 Å². The summed E-state index contributed by atoms with van der Waals surface area (Å²) in [5.41, 5.74) is 9.30. The van der Waals surface area contributed by atoms with Crippen molar-refractivity contribution in [3.8, 4) is 0 Å². The fourth-order valence-corrected chi connectivity index (χ4v) is 4.55. The first-order chi connectivity index (χ1) is 15.7.